The molecule has 0 spiro atoms. The van der Waals surface area contributed by atoms with Gasteiger partial charge in [-0.1, -0.05) is 43.2 Å². The molecule has 1 aliphatic carbocycles. The van der Waals surface area contributed by atoms with Gasteiger partial charge in [-0.3, -0.25) is 4.79 Å². The van der Waals surface area contributed by atoms with Crippen molar-refractivity contribution >= 4 is 17.6 Å². The molecule has 1 aromatic carbocycles. The molecular formula is C26H33BrN4O4. The van der Waals surface area contributed by atoms with E-state index in [2.05, 4.69) is 15.3 Å². The monoisotopic (exact) mass is 544 g/mol. The normalized spacial score (nSPS) is 27.5. The molecule has 0 radical (unpaired) electrons. The number of rotatable bonds is 7. The summed E-state index contributed by atoms with van der Waals surface area (Å²) in [6.07, 6.45) is 9.77. The first-order chi connectivity index (χ1) is 16.5. The molecule has 2 aromatic rings. The van der Waals surface area contributed by atoms with Gasteiger partial charge in [0.05, 0.1) is 31.2 Å². The lowest BCUT2D eigenvalue weighted by Crippen LogP contribution is -3.00. The van der Waals surface area contributed by atoms with Crippen LogP contribution in [0.3, 0.4) is 0 Å². The van der Waals surface area contributed by atoms with E-state index in [1.807, 2.05) is 30.3 Å². The zero-order valence-electron chi connectivity index (χ0n) is 19.8. The number of esters is 1. The van der Waals surface area contributed by atoms with E-state index >= 15 is 0 Å². The lowest BCUT2D eigenvalue weighted by atomic mass is 9.79. The number of piperidine rings is 3. The molecule has 9 heteroatoms. The van der Waals surface area contributed by atoms with Crippen molar-refractivity contribution in [1.29, 1.82) is 0 Å². The van der Waals surface area contributed by atoms with Crippen molar-refractivity contribution in [2.75, 3.05) is 31.5 Å². The van der Waals surface area contributed by atoms with Crippen molar-refractivity contribution in [2.24, 2.45) is 11.8 Å². The molecule has 6 rings (SSSR count). The summed E-state index contributed by atoms with van der Waals surface area (Å²) in [4.78, 5) is 34.3. The van der Waals surface area contributed by atoms with E-state index in [0.717, 1.165) is 51.6 Å². The maximum absolute atomic E-state index is 13.6. The van der Waals surface area contributed by atoms with Gasteiger partial charge in [-0.2, -0.15) is 0 Å². The summed E-state index contributed by atoms with van der Waals surface area (Å²) in [5.41, 5.74) is -0.439. The molecule has 2 atom stereocenters. The van der Waals surface area contributed by atoms with Gasteiger partial charge in [-0.25, -0.2) is 14.8 Å². The number of carbonyl (C=O) groups is 2. The van der Waals surface area contributed by atoms with Crippen LogP contribution in [0, 0.1) is 11.8 Å². The predicted molar refractivity (Wildman–Crippen MR) is 125 cm³/mol. The first-order valence-corrected chi connectivity index (χ1v) is 12.4. The third-order valence-corrected chi connectivity index (χ3v) is 8.09. The smallest absolute Gasteiger partial charge is 0.343 e. The number of amides is 1. The van der Waals surface area contributed by atoms with E-state index in [1.54, 1.807) is 12.4 Å². The minimum atomic E-state index is -1.63. The number of quaternary nitrogens is 1. The zero-order valence-corrected chi connectivity index (χ0v) is 21.4. The number of benzene rings is 1. The van der Waals surface area contributed by atoms with Crippen LogP contribution in [0.1, 0.15) is 44.1 Å². The minimum Gasteiger partial charge on any atom is -1.00 e. The number of halogens is 1. The second-order valence-corrected chi connectivity index (χ2v) is 10.2. The van der Waals surface area contributed by atoms with Crippen LogP contribution in [0.5, 0.6) is 0 Å². The maximum atomic E-state index is 13.6. The number of aromatic nitrogens is 2. The Balaban J connectivity index is 0.00000289. The van der Waals surface area contributed by atoms with Crippen LogP contribution in [0.25, 0.3) is 0 Å². The van der Waals surface area contributed by atoms with Crippen LogP contribution in [0.4, 0.5) is 5.69 Å². The fourth-order valence-corrected chi connectivity index (χ4v) is 6.23. The van der Waals surface area contributed by atoms with E-state index in [-0.39, 0.29) is 40.8 Å². The Morgan fingerprint density at radius 3 is 2.37 bits per heavy atom. The van der Waals surface area contributed by atoms with Crippen LogP contribution in [-0.4, -0.2) is 63.7 Å². The van der Waals surface area contributed by atoms with Gasteiger partial charge in [-0.15, -0.1) is 0 Å². The fraction of sp³-hybridized carbons (Fsp3) is 0.538. The molecule has 35 heavy (non-hydrogen) atoms. The Morgan fingerprint density at radius 2 is 1.71 bits per heavy atom. The molecule has 188 valence electrons. The molecule has 1 amide bonds. The van der Waals surface area contributed by atoms with Crippen molar-refractivity contribution in [1.82, 2.24) is 9.97 Å². The third kappa shape index (κ3) is 5.27. The van der Waals surface area contributed by atoms with E-state index in [1.165, 1.54) is 6.33 Å². The summed E-state index contributed by atoms with van der Waals surface area (Å²) in [6.45, 7) is 2.71. The SMILES string of the molecule is O=C(C[N+]12CCC(CC1)C(OC(=O)[C@](O)(c1ccccc1)C1CCCC1)C2)Nc1cncnc1.[Br-]. The highest BCUT2D eigenvalue weighted by molar-refractivity contribution is 5.91. The van der Waals surface area contributed by atoms with Gasteiger partial charge in [0.15, 0.2) is 18.2 Å². The lowest BCUT2D eigenvalue weighted by molar-refractivity contribution is -0.939. The number of fused-ring (bicyclic) bond motifs is 3. The number of nitrogens with zero attached hydrogens (tertiary/aromatic N) is 3. The molecule has 4 heterocycles. The van der Waals surface area contributed by atoms with Gasteiger partial charge in [0.2, 0.25) is 0 Å². The molecule has 4 aliphatic rings. The van der Waals surface area contributed by atoms with Crippen LogP contribution in [0.15, 0.2) is 49.1 Å². The summed E-state index contributed by atoms with van der Waals surface area (Å²) in [5, 5.41) is 14.6. The van der Waals surface area contributed by atoms with Crippen LogP contribution in [-0.2, 0) is 19.9 Å². The quantitative estimate of drug-likeness (QED) is 0.365. The topological polar surface area (TPSA) is 101 Å². The highest BCUT2D eigenvalue weighted by Gasteiger charge is 2.53. The Bertz CT molecular complexity index is 1010. The average Bonchev–Trinajstić information content (AvgIpc) is 3.40. The Morgan fingerprint density at radius 1 is 1.06 bits per heavy atom. The molecule has 2 N–H and O–H groups in total. The van der Waals surface area contributed by atoms with Gasteiger partial charge in [0.25, 0.3) is 5.91 Å². The van der Waals surface area contributed by atoms with Gasteiger partial charge in [0.1, 0.15) is 12.9 Å². The molecule has 3 aliphatic heterocycles. The molecule has 4 fully saturated rings. The highest BCUT2D eigenvalue weighted by Crippen LogP contribution is 2.43. The Hall–Kier alpha value is -2.36. The van der Waals surface area contributed by atoms with E-state index in [4.69, 9.17) is 4.74 Å². The number of nitrogens with one attached hydrogen (secondary N) is 1. The standard InChI is InChI=1S/C26H32N4O4.BrH/c31-24(29-22-14-27-18-28-15-22)17-30-12-10-19(11-13-30)23(16-30)34-25(32)26(33,21-8-4-5-9-21)20-6-2-1-3-7-20;/h1-3,6-7,14-15,18-19,21,23,33H,4-5,8-13,16-17H2;1H/t19?,23?,26-,30?;/m0./s1. The Kier molecular flexibility index (Phi) is 7.88. The van der Waals surface area contributed by atoms with Crippen molar-refractivity contribution in [3.8, 4) is 0 Å². The van der Waals surface area contributed by atoms with Gasteiger partial charge < -0.3 is 36.6 Å². The third-order valence-electron chi connectivity index (χ3n) is 8.09. The molecular weight excluding hydrogens is 512 g/mol. The van der Waals surface area contributed by atoms with Crippen LogP contribution < -0.4 is 22.3 Å². The molecule has 2 bridgehead atoms. The molecule has 1 saturated carbocycles. The Labute approximate surface area is 216 Å². The summed E-state index contributed by atoms with van der Waals surface area (Å²) in [5.74, 6) is -0.482. The maximum Gasteiger partial charge on any atom is 0.343 e. The summed E-state index contributed by atoms with van der Waals surface area (Å²) in [6, 6.07) is 9.24. The van der Waals surface area contributed by atoms with Crippen molar-refractivity contribution in [3.05, 3.63) is 54.6 Å². The molecule has 1 unspecified atom stereocenters. The second-order valence-electron chi connectivity index (χ2n) is 10.2. The van der Waals surface area contributed by atoms with Crippen LogP contribution in [0.2, 0.25) is 0 Å². The van der Waals surface area contributed by atoms with E-state index in [9.17, 15) is 14.7 Å². The summed E-state index contributed by atoms with van der Waals surface area (Å²) >= 11 is 0. The first-order valence-electron chi connectivity index (χ1n) is 12.4. The zero-order chi connectivity index (χ0) is 23.6. The van der Waals surface area contributed by atoms with Crippen molar-refractivity contribution < 1.29 is 40.9 Å². The number of hydrogen-bond acceptors (Lipinski definition) is 6. The van der Waals surface area contributed by atoms with E-state index in [0.29, 0.717) is 28.8 Å². The summed E-state index contributed by atoms with van der Waals surface area (Å²) < 4.78 is 6.72. The van der Waals surface area contributed by atoms with E-state index < -0.39 is 11.6 Å². The minimum absolute atomic E-state index is 0. The molecule has 1 aromatic heterocycles. The summed E-state index contributed by atoms with van der Waals surface area (Å²) in [7, 11) is 0. The average molecular weight is 545 g/mol. The number of ether oxygens (including phenoxy) is 1. The van der Waals surface area contributed by atoms with Gasteiger partial charge >= 0.3 is 5.97 Å². The van der Waals surface area contributed by atoms with Gasteiger partial charge in [-0.05, 0) is 18.4 Å². The second kappa shape index (κ2) is 10.7. The van der Waals surface area contributed by atoms with Crippen molar-refractivity contribution in [3.63, 3.8) is 0 Å². The molecule has 3 saturated heterocycles. The van der Waals surface area contributed by atoms with Crippen LogP contribution >= 0.6 is 0 Å². The predicted octanol–water partition coefficient (Wildman–Crippen LogP) is -0.351. The largest absolute Gasteiger partial charge is 1.00 e. The van der Waals surface area contributed by atoms with Gasteiger partial charge in [0, 0.05) is 24.7 Å². The highest BCUT2D eigenvalue weighted by atomic mass is 79.9. The number of carbonyl (C=O) groups excluding carboxylic acids is 2. The number of hydrogen-bond donors (Lipinski definition) is 2. The fourth-order valence-electron chi connectivity index (χ4n) is 6.23. The molecule has 8 nitrogen and oxygen atoms in total. The lowest BCUT2D eigenvalue weighted by Gasteiger charge is -2.52. The number of anilines is 1. The number of aliphatic hydroxyl groups is 1. The first kappa shape index (κ1) is 25.7. The van der Waals surface area contributed by atoms with Crippen molar-refractivity contribution in [2.45, 2.75) is 50.2 Å².